The van der Waals surface area contributed by atoms with Crippen molar-refractivity contribution in [1.82, 2.24) is 5.32 Å². The van der Waals surface area contributed by atoms with Crippen molar-refractivity contribution in [2.75, 3.05) is 13.2 Å². The highest BCUT2D eigenvalue weighted by atomic mass is 16.5. The molecule has 0 spiro atoms. The Hall–Kier alpha value is -1.02. The quantitative estimate of drug-likeness (QED) is 0.795. The summed E-state index contributed by atoms with van der Waals surface area (Å²) in [6.45, 7) is 1.92. The number of hydrogen-bond acceptors (Lipinski definition) is 2. The first kappa shape index (κ1) is 13.9. The van der Waals surface area contributed by atoms with Gasteiger partial charge in [0.15, 0.2) is 0 Å². The Bertz CT molecular complexity index is 423. The summed E-state index contributed by atoms with van der Waals surface area (Å²) < 4.78 is 5.90. The molecule has 0 heterocycles. The minimum absolute atomic E-state index is 0.777. The molecular formula is C18H27NO. The molecule has 0 bridgehead atoms. The topological polar surface area (TPSA) is 21.3 Å². The molecular weight excluding hydrogens is 246 g/mol. The SMILES string of the molecule is c1cc2c(cc1OCCCNC1CCCC1)CCCC2. The number of hydrogen-bond donors (Lipinski definition) is 1. The molecule has 1 fully saturated rings. The standard InChI is InChI=1S/C18H27NO/c1-2-7-16-14-18(11-10-15(16)6-1)20-13-5-12-19-17-8-3-4-9-17/h10-11,14,17,19H,1-9,12-13H2. The molecule has 0 unspecified atom stereocenters. The molecule has 1 aromatic carbocycles. The summed E-state index contributed by atoms with van der Waals surface area (Å²) in [7, 11) is 0. The van der Waals surface area contributed by atoms with E-state index in [1.54, 1.807) is 0 Å². The van der Waals surface area contributed by atoms with E-state index in [1.165, 1.54) is 62.5 Å². The molecule has 1 aromatic rings. The highest BCUT2D eigenvalue weighted by Crippen LogP contribution is 2.25. The number of fused-ring (bicyclic) bond motifs is 1. The van der Waals surface area contributed by atoms with Crippen molar-refractivity contribution in [1.29, 1.82) is 0 Å². The molecule has 0 aliphatic heterocycles. The summed E-state index contributed by atoms with van der Waals surface area (Å²) >= 11 is 0. The van der Waals surface area contributed by atoms with Crippen LogP contribution in [0, 0.1) is 0 Å². The monoisotopic (exact) mass is 273 g/mol. The molecule has 20 heavy (non-hydrogen) atoms. The van der Waals surface area contributed by atoms with Gasteiger partial charge in [-0.3, -0.25) is 0 Å². The van der Waals surface area contributed by atoms with E-state index in [4.69, 9.17) is 4.74 Å². The lowest BCUT2D eigenvalue weighted by molar-refractivity contribution is 0.304. The largest absolute Gasteiger partial charge is 0.494 e. The lowest BCUT2D eigenvalue weighted by Crippen LogP contribution is -2.27. The smallest absolute Gasteiger partial charge is 0.119 e. The van der Waals surface area contributed by atoms with E-state index in [1.807, 2.05) is 0 Å². The van der Waals surface area contributed by atoms with Crippen molar-refractivity contribution in [3.63, 3.8) is 0 Å². The highest BCUT2D eigenvalue weighted by Gasteiger charge is 2.13. The summed E-state index contributed by atoms with van der Waals surface area (Å²) in [6, 6.07) is 7.45. The van der Waals surface area contributed by atoms with Gasteiger partial charge in [-0.2, -0.15) is 0 Å². The number of aryl methyl sites for hydroxylation is 2. The van der Waals surface area contributed by atoms with Crippen molar-refractivity contribution < 1.29 is 4.74 Å². The van der Waals surface area contributed by atoms with Crippen LogP contribution in [-0.4, -0.2) is 19.2 Å². The average Bonchev–Trinajstić information content (AvgIpc) is 3.00. The maximum absolute atomic E-state index is 5.90. The van der Waals surface area contributed by atoms with Gasteiger partial charge in [0.25, 0.3) is 0 Å². The maximum Gasteiger partial charge on any atom is 0.119 e. The predicted octanol–water partition coefficient (Wildman–Crippen LogP) is 3.87. The van der Waals surface area contributed by atoms with E-state index in [2.05, 4.69) is 23.5 Å². The third kappa shape index (κ3) is 3.76. The third-order valence-electron chi connectivity index (χ3n) is 4.70. The van der Waals surface area contributed by atoms with E-state index in [0.29, 0.717) is 0 Å². The van der Waals surface area contributed by atoms with Crippen LogP contribution < -0.4 is 10.1 Å². The van der Waals surface area contributed by atoms with Gasteiger partial charge in [-0.15, -0.1) is 0 Å². The summed E-state index contributed by atoms with van der Waals surface area (Å²) in [5.41, 5.74) is 3.05. The highest BCUT2D eigenvalue weighted by molar-refractivity contribution is 5.37. The second-order valence-electron chi connectivity index (χ2n) is 6.28. The van der Waals surface area contributed by atoms with Crippen LogP contribution in [0.1, 0.15) is 56.1 Å². The molecule has 2 aliphatic rings. The molecule has 1 saturated carbocycles. The van der Waals surface area contributed by atoms with Crippen molar-refractivity contribution in [3.05, 3.63) is 29.3 Å². The van der Waals surface area contributed by atoms with E-state index < -0.39 is 0 Å². The summed E-state index contributed by atoms with van der Waals surface area (Å²) in [6.07, 6.45) is 11.8. The minimum Gasteiger partial charge on any atom is -0.494 e. The van der Waals surface area contributed by atoms with Crippen LogP contribution in [0.5, 0.6) is 5.75 Å². The zero-order valence-electron chi connectivity index (χ0n) is 12.5. The van der Waals surface area contributed by atoms with Crippen LogP contribution in [0.2, 0.25) is 0 Å². The summed E-state index contributed by atoms with van der Waals surface area (Å²) in [5.74, 6) is 1.06. The van der Waals surface area contributed by atoms with Crippen LogP contribution in [0.15, 0.2) is 18.2 Å². The molecule has 2 nitrogen and oxygen atoms in total. The first-order chi connectivity index (χ1) is 9.92. The van der Waals surface area contributed by atoms with Gasteiger partial charge >= 0.3 is 0 Å². The molecule has 110 valence electrons. The predicted molar refractivity (Wildman–Crippen MR) is 83.5 cm³/mol. The lowest BCUT2D eigenvalue weighted by atomic mass is 9.92. The van der Waals surface area contributed by atoms with Crippen molar-refractivity contribution in [2.45, 2.75) is 63.8 Å². The fourth-order valence-electron chi connectivity index (χ4n) is 3.50. The maximum atomic E-state index is 5.90. The van der Waals surface area contributed by atoms with Gasteiger partial charge in [0.05, 0.1) is 6.61 Å². The number of nitrogens with one attached hydrogen (secondary N) is 1. The minimum atomic E-state index is 0.777. The van der Waals surface area contributed by atoms with Crippen LogP contribution in [0.3, 0.4) is 0 Å². The number of rotatable bonds is 6. The molecule has 3 rings (SSSR count). The fraction of sp³-hybridized carbons (Fsp3) is 0.667. The molecule has 0 amide bonds. The van der Waals surface area contributed by atoms with Gasteiger partial charge in [-0.1, -0.05) is 18.9 Å². The molecule has 1 N–H and O–H groups in total. The van der Waals surface area contributed by atoms with Gasteiger partial charge in [0, 0.05) is 6.04 Å². The normalized spacial score (nSPS) is 19.0. The van der Waals surface area contributed by atoms with E-state index >= 15 is 0 Å². The first-order valence-electron chi connectivity index (χ1n) is 8.40. The Kier molecular flexibility index (Phi) is 4.96. The molecule has 0 saturated heterocycles. The van der Waals surface area contributed by atoms with Crippen molar-refractivity contribution >= 4 is 0 Å². The average molecular weight is 273 g/mol. The van der Waals surface area contributed by atoms with Crippen LogP contribution in [0.4, 0.5) is 0 Å². The zero-order chi connectivity index (χ0) is 13.6. The third-order valence-corrected chi connectivity index (χ3v) is 4.70. The number of ether oxygens (including phenoxy) is 1. The molecule has 0 atom stereocenters. The van der Waals surface area contributed by atoms with Gasteiger partial charge in [-0.05, 0) is 74.8 Å². The lowest BCUT2D eigenvalue weighted by Gasteiger charge is -2.17. The summed E-state index contributed by atoms with van der Waals surface area (Å²) in [5, 5.41) is 3.64. The first-order valence-corrected chi connectivity index (χ1v) is 8.40. The van der Waals surface area contributed by atoms with Gasteiger partial charge in [-0.25, -0.2) is 0 Å². The molecule has 2 aliphatic carbocycles. The molecule has 2 heteroatoms. The second kappa shape index (κ2) is 7.12. The van der Waals surface area contributed by atoms with Gasteiger partial charge < -0.3 is 10.1 Å². The fourth-order valence-corrected chi connectivity index (χ4v) is 3.50. The molecule has 0 radical (unpaired) electrons. The molecule has 0 aromatic heterocycles. The van der Waals surface area contributed by atoms with Crippen molar-refractivity contribution in [3.8, 4) is 5.75 Å². The second-order valence-corrected chi connectivity index (χ2v) is 6.28. The van der Waals surface area contributed by atoms with Crippen LogP contribution >= 0.6 is 0 Å². The Morgan fingerprint density at radius 2 is 1.80 bits per heavy atom. The van der Waals surface area contributed by atoms with Gasteiger partial charge in [0.1, 0.15) is 5.75 Å². The Morgan fingerprint density at radius 1 is 1.00 bits per heavy atom. The van der Waals surface area contributed by atoms with E-state index in [9.17, 15) is 0 Å². The Labute approximate surface area is 122 Å². The van der Waals surface area contributed by atoms with E-state index in [-0.39, 0.29) is 0 Å². The Balaban J connectivity index is 1.37. The van der Waals surface area contributed by atoms with Gasteiger partial charge in [0.2, 0.25) is 0 Å². The van der Waals surface area contributed by atoms with Crippen LogP contribution in [-0.2, 0) is 12.8 Å². The zero-order valence-corrected chi connectivity index (χ0v) is 12.5. The van der Waals surface area contributed by atoms with Crippen molar-refractivity contribution in [2.24, 2.45) is 0 Å². The summed E-state index contributed by atoms with van der Waals surface area (Å²) in [4.78, 5) is 0. The Morgan fingerprint density at radius 3 is 2.65 bits per heavy atom. The van der Waals surface area contributed by atoms with Crippen LogP contribution in [0.25, 0.3) is 0 Å². The van der Waals surface area contributed by atoms with E-state index in [0.717, 1.165) is 31.4 Å². The number of benzene rings is 1.